The zero-order chi connectivity index (χ0) is 16.2. The molecule has 0 bridgehead atoms. The fourth-order valence-electron chi connectivity index (χ4n) is 1.83. The number of aromatic nitrogens is 7. The summed E-state index contributed by atoms with van der Waals surface area (Å²) < 4.78 is 1.59. The standard InChI is InChI=1S/C13H15N9S/c1-8(23-13-19-20-21-22(13)2)10-16-11(14)18-12(17-10)15-9-6-4-3-5-7-9/h3-8H,1-2H3,(H3,14,15,16,17,18). The summed E-state index contributed by atoms with van der Waals surface area (Å²) in [7, 11) is 1.78. The van der Waals surface area contributed by atoms with Gasteiger partial charge in [-0.15, -0.1) is 5.10 Å². The predicted octanol–water partition coefficient (Wildman–Crippen LogP) is 1.57. The Kier molecular flexibility index (Phi) is 4.33. The van der Waals surface area contributed by atoms with E-state index in [-0.39, 0.29) is 11.2 Å². The number of thioether (sulfide) groups is 1. The van der Waals surface area contributed by atoms with Crippen molar-refractivity contribution in [1.29, 1.82) is 0 Å². The van der Waals surface area contributed by atoms with Crippen molar-refractivity contribution in [3.8, 4) is 0 Å². The fraction of sp³-hybridized carbons (Fsp3) is 0.231. The molecule has 0 amide bonds. The maximum Gasteiger partial charge on any atom is 0.232 e. The van der Waals surface area contributed by atoms with Crippen molar-refractivity contribution in [2.75, 3.05) is 11.1 Å². The number of rotatable bonds is 5. The third-order valence-corrected chi connectivity index (χ3v) is 4.05. The second-order valence-corrected chi connectivity index (χ2v) is 6.02. The first-order chi connectivity index (χ1) is 11.1. The van der Waals surface area contributed by atoms with Gasteiger partial charge in [0.25, 0.3) is 0 Å². The summed E-state index contributed by atoms with van der Waals surface area (Å²) in [6.07, 6.45) is 0. The zero-order valence-corrected chi connectivity index (χ0v) is 13.4. The van der Waals surface area contributed by atoms with Crippen LogP contribution in [0.25, 0.3) is 0 Å². The molecule has 118 valence electrons. The van der Waals surface area contributed by atoms with E-state index in [4.69, 9.17) is 5.73 Å². The van der Waals surface area contributed by atoms with E-state index >= 15 is 0 Å². The Bertz CT molecular complexity index is 789. The molecule has 2 heterocycles. The summed E-state index contributed by atoms with van der Waals surface area (Å²) in [5, 5.41) is 15.1. The molecule has 9 nitrogen and oxygen atoms in total. The Morgan fingerprint density at radius 2 is 1.96 bits per heavy atom. The minimum absolute atomic E-state index is 0.0821. The zero-order valence-electron chi connectivity index (χ0n) is 12.6. The van der Waals surface area contributed by atoms with Crippen molar-refractivity contribution in [2.45, 2.75) is 17.3 Å². The number of nitrogens with zero attached hydrogens (tertiary/aromatic N) is 7. The van der Waals surface area contributed by atoms with Crippen LogP contribution >= 0.6 is 11.8 Å². The number of tetrazole rings is 1. The molecule has 0 aliphatic carbocycles. The molecule has 0 fully saturated rings. The van der Waals surface area contributed by atoms with Crippen molar-refractivity contribution in [3.05, 3.63) is 36.2 Å². The van der Waals surface area contributed by atoms with Crippen molar-refractivity contribution in [2.24, 2.45) is 7.05 Å². The summed E-state index contributed by atoms with van der Waals surface area (Å²) in [5.74, 6) is 1.13. The average molecular weight is 329 g/mol. The van der Waals surface area contributed by atoms with Gasteiger partial charge < -0.3 is 11.1 Å². The lowest BCUT2D eigenvalue weighted by atomic mass is 10.3. The van der Waals surface area contributed by atoms with Gasteiger partial charge in [-0.2, -0.15) is 15.0 Å². The van der Waals surface area contributed by atoms with Crippen LogP contribution in [0.3, 0.4) is 0 Å². The summed E-state index contributed by atoms with van der Waals surface area (Å²) in [5.41, 5.74) is 6.67. The highest BCUT2D eigenvalue weighted by atomic mass is 32.2. The molecule has 1 atom stereocenters. The average Bonchev–Trinajstić information content (AvgIpc) is 2.93. The van der Waals surface area contributed by atoms with Crippen molar-refractivity contribution >= 4 is 29.3 Å². The molecule has 0 radical (unpaired) electrons. The van der Waals surface area contributed by atoms with Gasteiger partial charge in [0.1, 0.15) is 5.82 Å². The van der Waals surface area contributed by atoms with E-state index in [0.717, 1.165) is 5.69 Å². The van der Waals surface area contributed by atoms with Gasteiger partial charge in [0.2, 0.25) is 17.1 Å². The lowest BCUT2D eigenvalue weighted by molar-refractivity contribution is 0.663. The maximum absolute atomic E-state index is 5.80. The number of hydrogen-bond donors (Lipinski definition) is 2. The normalized spacial score (nSPS) is 12.1. The second kappa shape index (κ2) is 6.57. The monoisotopic (exact) mass is 329 g/mol. The number of nitrogens with one attached hydrogen (secondary N) is 1. The minimum atomic E-state index is -0.0821. The third-order valence-electron chi connectivity index (χ3n) is 2.93. The van der Waals surface area contributed by atoms with E-state index in [1.54, 1.807) is 11.7 Å². The van der Waals surface area contributed by atoms with Gasteiger partial charge in [-0.05, 0) is 29.5 Å². The molecular weight excluding hydrogens is 314 g/mol. The Balaban J connectivity index is 1.81. The molecule has 2 aromatic heterocycles. The third kappa shape index (κ3) is 3.72. The Labute approximate surface area is 136 Å². The molecule has 1 unspecified atom stereocenters. The van der Waals surface area contributed by atoms with Gasteiger partial charge in [0.15, 0.2) is 0 Å². The first kappa shape index (κ1) is 15.2. The Hall–Kier alpha value is -2.75. The van der Waals surface area contributed by atoms with Crippen LogP contribution in [0.1, 0.15) is 18.0 Å². The second-order valence-electron chi connectivity index (χ2n) is 4.71. The molecule has 0 spiro atoms. The van der Waals surface area contributed by atoms with E-state index in [0.29, 0.717) is 16.9 Å². The highest BCUT2D eigenvalue weighted by molar-refractivity contribution is 7.99. The number of aryl methyl sites for hydroxylation is 1. The number of benzene rings is 1. The maximum atomic E-state index is 5.80. The molecule has 0 aliphatic rings. The molecule has 3 aromatic rings. The van der Waals surface area contributed by atoms with Gasteiger partial charge >= 0.3 is 0 Å². The highest BCUT2D eigenvalue weighted by Crippen LogP contribution is 2.31. The van der Waals surface area contributed by atoms with Gasteiger partial charge in [0.05, 0.1) is 5.25 Å². The summed E-state index contributed by atoms with van der Waals surface area (Å²) in [6.45, 7) is 1.96. The van der Waals surface area contributed by atoms with Gasteiger partial charge in [-0.1, -0.05) is 30.0 Å². The molecule has 0 saturated carbocycles. The molecule has 0 aliphatic heterocycles. The number of para-hydroxylation sites is 1. The van der Waals surface area contributed by atoms with Crippen LogP contribution in [0.4, 0.5) is 17.6 Å². The minimum Gasteiger partial charge on any atom is -0.368 e. The fourth-order valence-corrected chi connectivity index (χ4v) is 2.63. The molecule has 3 N–H and O–H groups in total. The Morgan fingerprint density at radius 1 is 1.17 bits per heavy atom. The molecule has 10 heteroatoms. The van der Waals surface area contributed by atoms with E-state index in [2.05, 4.69) is 35.8 Å². The molecular formula is C13H15N9S. The van der Waals surface area contributed by atoms with Crippen LogP contribution < -0.4 is 11.1 Å². The Morgan fingerprint density at radius 3 is 2.65 bits per heavy atom. The topological polar surface area (TPSA) is 120 Å². The summed E-state index contributed by atoms with van der Waals surface area (Å²) in [4.78, 5) is 12.7. The van der Waals surface area contributed by atoms with Crippen molar-refractivity contribution < 1.29 is 0 Å². The summed E-state index contributed by atoms with van der Waals surface area (Å²) in [6, 6.07) is 9.62. The predicted molar refractivity (Wildman–Crippen MR) is 87.0 cm³/mol. The van der Waals surface area contributed by atoms with E-state index < -0.39 is 0 Å². The highest BCUT2D eigenvalue weighted by Gasteiger charge is 2.16. The SMILES string of the molecule is CC(Sc1nnnn1C)c1nc(N)nc(Nc2ccccc2)n1. The van der Waals surface area contributed by atoms with Crippen LogP contribution in [-0.2, 0) is 7.05 Å². The number of hydrogen-bond acceptors (Lipinski definition) is 9. The van der Waals surface area contributed by atoms with E-state index in [9.17, 15) is 0 Å². The van der Waals surface area contributed by atoms with Crippen LogP contribution in [0.2, 0.25) is 0 Å². The van der Waals surface area contributed by atoms with Gasteiger partial charge in [0, 0.05) is 12.7 Å². The first-order valence-electron chi connectivity index (χ1n) is 6.84. The molecule has 0 saturated heterocycles. The van der Waals surface area contributed by atoms with Crippen LogP contribution in [-0.4, -0.2) is 35.2 Å². The number of anilines is 3. The molecule has 1 aromatic carbocycles. The van der Waals surface area contributed by atoms with Crippen molar-refractivity contribution in [3.63, 3.8) is 0 Å². The quantitative estimate of drug-likeness (QED) is 0.672. The van der Waals surface area contributed by atoms with Crippen LogP contribution in [0, 0.1) is 0 Å². The van der Waals surface area contributed by atoms with Crippen LogP contribution in [0.5, 0.6) is 0 Å². The number of nitrogens with two attached hydrogens (primary N) is 1. The van der Waals surface area contributed by atoms with E-state index in [1.165, 1.54) is 11.8 Å². The molecule has 23 heavy (non-hydrogen) atoms. The lowest BCUT2D eigenvalue weighted by Crippen LogP contribution is -2.08. The van der Waals surface area contributed by atoms with E-state index in [1.807, 2.05) is 37.3 Å². The largest absolute Gasteiger partial charge is 0.368 e. The summed E-state index contributed by atoms with van der Waals surface area (Å²) >= 11 is 1.44. The van der Waals surface area contributed by atoms with Gasteiger partial charge in [-0.3, -0.25) is 0 Å². The molecule has 3 rings (SSSR count). The van der Waals surface area contributed by atoms with Gasteiger partial charge in [-0.25, -0.2) is 4.68 Å². The number of nitrogen functional groups attached to an aromatic ring is 1. The first-order valence-corrected chi connectivity index (χ1v) is 7.72. The smallest absolute Gasteiger partial charge is 0.232 e. The van der Waals surface area contributed by atoms with Crippen molar-refractivity contribution in [1.82, 2.24) is 35.2 Å². The lowest BCUT2D eigenvalue weighted by Gasteiger charge is -2.11. The van der Waals surface area contributed by atoms with Crippen LogP contribution in [0.15, 0.2) is 35.5 Å².